The van der Waals surface area contributed by atoms with Crippen LogP contribution in [0.1, 0.15) is 16.7 Å². The number of nitrogens with two attached hydrogens (primary N) is 1. The van der Waals surface area contributed by atoms with Crippen LogP contribution in [-0.4, -0.2) is 5.16 Å². The molecule has 3 nitrogen and oxygen atoms in total. The fraction of sp³-hybridized carbons (Fsp3) is 0.167. The molecule has 0 unspecified atom stereocenters. The largest absolute Gasteiger partial charge is 0.367 e. The number of hydrogen-bond donors (Lipinski definition) is 1. The summed E-state index contributed by atoms with van der Waals surface area (Å²) in [7, 11) is 0. The number of benzene rings is 2. The van der Waals surface area contributed by atoms with Crippen LogP contribution in [0, 0.1) is 20.8 Å². The second-order valence-corrected chi connectivity index (χ2v) is 5.38. The lowest BCUT2D eigenvalue weighted by atomic mass is 9.96. The van der Waals surface area contributed by atoms with Crippen LogP contribution in [0.15, 0.2) is 47.0 Å². The van der Waals surface area contributed by atoms with Crippen LogP contribution in [0.25, 0.3) is 22.4 Å². The molecule has 0 saturated heterocycles. The van der Waals surface area contributed by atoms with Gasteiger partial charge in [0, 0.05) is 5.56 Å². The average Bonchev–Trinajstić information content (AvgIpc) is 2.84. The third kappa shape index (κ3) is 2.31. The monoisotopic (exact) mass is 278 g/mol. The minimum atomic E-state index is 0.359. The van der Waals surface area contributed by atoms with Crippen molar-refractivity contribution in [2.75, 3.05) is 5.73 Å². The Morgan fingerprint density at radius 1 is 0.905 bits per heavy atom. The highest BCUT2D eigenvalue weighted by atomic mass is 16.5. The second-order valence-electron chi connectivity index (χ2n) is 5.38. The smallest absolute Gasteiger partial charge is 0.230 e. The molecule has 0 radical (unpaired) electrons. The van der Waals surface area contributed by atoms with E-state index in [1.807, 2.05) is 18.2 Å². The van der Waals surface area contributed by atoms with Crippen molar-refractivity contribution in [1.29, 1.82) is 0 Å². The summed E-state index contributed by atoms with van der Waals surface area (Å²) in [5.74, 6) is 0.359. The molecule has 0 amide bonds. The van der Waals surface area contributed by atoms with Crippen LogP contribution in [0.4, 0.5) is 5.88 Å². The molecule has 0 aliphatic carbocycles. The van der Waals surface area contributed by atoms with Crippen LogP contribution in [0.3, 0.4) is 0 Å². The Balaban J connectivity index is 2.22. The average molecular weight is 278 g/mol. The van der Waals surface area contributed by atoms with Gasteiger partial charge in [-0.05, 0) is 49.1 Å². The van der Waals surface area contributed by atoms with E-state index in [2.05, 4.69) is 50.2 Å². The number of nitrogen functional groups attached to an aromatic ring is 1. The van der Waals surface area contributed by atoms with Crippen LogP contribution in [-0.2, 0) is 0 Å². The summed E-state index contributed by atoms with van der Waals surface area (Å²) < 4.78 is 5.26. The Kier molecular flexibility index (Phi) is 3.26. The maximum absolute atomic E-state index is 6.02. The normalized spacial score (nSPS) is 10.8. The Bertz CT molecular complexity index is 803. The predicted molar refractivity (Wildman–Crippen MR) is 86.0 cm³/mol. The summed E-state index contributed by atoms with van der Waals surface area (Å²) in [5.41, 5.74) is 13.4. The lowest BCUT2D eigenvalue weighted by molar-refractivity contribution is 0.439. The number of anilines is 1. The van der Waals surface area contributed by atoms with Gasteiger partial charge in [-0.25, -0.2) is 0 Å². The van der Waals surface area contributed by atoms with Gasteiger partial charge in [-0.15, -0.1) is 0 Å². The van der Waals surface area contributed by atoms with Crippen molar-refractivity contribution in [3.8, 4) is 22.4 Å². The molecule has 0 spiro atoms. The molecule has 1 aromatic heterocycles. The minimum Gasteiger partial charge on any atom is -0.367 e. The van der Waals surface area contributed by atoms with E-state index >= 15 is 0 Å². The van der Waals surface area contributed by atoms with Gasteiger partial charge in [0.1, 0.15) is 5.69 Å². The van der Waals surface area contributed by atoms with Gasteiger partial charge in [0.05, 0.1) is 5.56 Å². The van der Waals surface area contributed by atoms with Gasteiger partial charge < -0.3 is 10.3 Å². The maximum Gasteiger partial charge on any atom is 0.230 e. The van der Waals surface area contributed by atoms with E-state index in [1.54, 1.807) is 0 Å². The first-order valence-corrected chi connectivity index (χ1v) is 6.96. The van der Waals surface area contributed by atoms with Gasteiger partial charge in [-0.2, -0.15) is 0 Å². The highest BCUT2D eigenvalue weighted by molar-refractivity contribution is 5.88. The van der Waals surface area contributed by atoms with E-state index in [0.717, 1.165) is 27.9 Å². The van der Waals surface area contributed by atoms with E-state index < -0.39 is 0 Å². The quantitative estimate of drug-likeness (QED) is 0.750. The highest BCUT2D eigenvalue weighted by Crippen LogP contribution is 2.38. The molecule has 106 valence electrons. The molecular weight excluding hydrogens is 260 g/mol. The summed E-state index contributed by atoms with van der Waals surface area (Å²) in [4.78, 5) is 0. The molecule has 1 heterocycles. The third-order valence-corrected chi connectivity index (χ3v) is 3.91. The van der Waals surface area contributed by atoms with Gasteiger partial charge in [-0.3, -0.25) is 0 Å². The summed E-state index contributed by atoms with van der Waals surface area (Å²) in [5, 5.41) is 4.17. The van der Waals surface area contributed by atoms with Crippen molar-refractivity contribution in [3.63, 3.8) is 0 Å². The van der Waals surface area contributed by atoms with Crippen molar-refractivity contribution in [2.24, 2.45) is 0 Å². The zero-order chi connectivity index (χ0) is 15.0. The Morgan fingerprint density at radius 3 is 2.38 bits per heavy atom. The van der Waals surface area contributed by atoms with Gasteiger partial charge >= 0.3 is 0 Å². The van der Waals surface area contributed by atoms with Crippen molar-refractivity contribution in [1.82, 2.24) is 5.16 Å². The Labute approximate surface area is 124 Å². The summed E-state index contributed by atoms with van der Waals surface area (Å²) >= 11 is 0. The van der Waals surface area contributed by atoms with Crippen molar-refractivity contribution >= 4 is 5.88 Å². The molecule has 2 N–H and O–H groups in total. The first kappa shape index (κ1) is 13.4. The molecule has 3 rings (SSSR count). The molecule has 3 heteroatoms. The summed E-state index contributed by atoms with van der Waals surface area (Å²) in [6, 6.07) is 14.4. The van der Waals surface area contributed by atoms with E-state index in [-0.39, 0.29) is 0 Å². The number of aryl methyl sites for hydroxylation is 3. The van der Waals surface area contributed by atoms with Crippen LogP contribution in [0.2, 0.25) is 0 Å². The third-order valence-electron chi connectivity index (χ3n) is 3.91. The van der Waals surface area contributed by atoms with Crippen molar-refractivity contribution < 1.29 is 4.52 Å². The molecule has 0 aliphatic rings. The number of aromatic nitrogens is 1. The fourth-order valence-corrected chi connectivity index (χ4v) is 2.50. The molecule has 0 saturated carbocycles. The van der Waals surface area contributed by atoms with E-state index in [4.69, 9.17) is 10.3 Å². The number of rotatable bonds is 2. The zero-order valence-corrected chi connectivity index (χ0v) is 12.5. The van der Waals surface area contributed by atoms with E-state index in [1.165, 1.54) is 11.1 Å². The topological polar surface area (TPSA) is 52.0 Å². The lowest BCUT2D eigenvalue weighted by Gasteiger charge is -2.07. The molecule has 0 bridgehead atoms. The first-order valence-electron chi connectivity index (χ1n) is 6.96. The maximum atomic E-state index is 6.02. The highest BCUT2D eigenvalue weighted by Gasteiger charge is 2.18. The Morgan fingerprint density at radius 2 is 1.67 bits per heavy atom. The molecule has 2 aromatic carbocycles. The molecule has 0 fully saturated rings. The van der Waals surface area contributed by atoms with Crippen LogP contribution < -0.4 is 5.73 Å². The SMILES string of the molecule is Cc1ccc(-c2noc(N)c2-c2ccccc2C)cc1C. The fourth-order valence-electron chi connectivity index (χ4n) is 2.50. The first-order chi connectivity index (χ1) is 10.1. The van der Waals surface area contributed by atoms with E-state index in [0.29, 0.717) is 5.88 Å². The molecule has 21 heavy (non-hydrogen) atoms. The molecule has 3 aromatic rings. The van der Waals surface area contributed by atoms with Crippen molar-refractivity contribution in [3.05, 3.63) is 59.2 Å². The van der Waals surface area contributed by atoms with Gasteiger partial charge in [-0.1, -0.05) is 41.6 Å². The number of nitrogens with zero attached hydrogens (tertiary/aromatic N) is 1. The van der Waals surface area contributed by atoms with Gasteiger partial charge in [0.25, 0.3) is 0 Å². The van der Waals surface area contributed by atoms with Gasteiger partial charge in [0.15, 0.2) is 0 Å². The minimum absolute atomic E-state index is 0.359. The standard InChI is InChI=1S/C18H18N2O/c1-11-8-9-14(10-13(11)3)17-16(18(19)21-20-17)15-7-5-4-6-12(15)2/h4-10H,19H2,1-3H3. The Hall–Kier alpha value is -2.55. The number of hydrogen-bond acceptors (Lipinski definition) is 3. The van der Waals surface area contributed by atoms with Crippen LogP contribution >= 0.6 is 0 Å². The van der Waals surface area contributed by atoms with Gasteiger partial charge in [0.2, 0.25) is 5.88 Å². The van der Waals surface area contributed by atoms with Crippen LogP contribution in [0.5, 0.6) is 0 Å². The zero-order valence-electron chi connectivity index (χ0n) is 12.5. The molecule has 0 atom stereocenters. The van der Waals surface area contributed by atoms with E-state index in [9.17, 15) is 0 Å². The molecular formula is C18H18N2O. The predicted octanol–water partition coefficient (Wildman–Crippen LogP) is 4.52. The molecule has 0 aliphatic heterocycles. The summed E-state index contributed by atoms with van der Waals surface area (Å²) in [6.07, 6.45) is 0. The van der Waals surface area contributed by atoms with Crippen molar-refractivity contribution in [2.45, 2.75) is 20.8 Å². The second kappa shape index (κ2) is 5.09. The summed E-state index contributed by atoms with van der Waals surface area (Å²) in [6.45, 7) is 6.25. The lowest BCUT2D eigenvalue weighted by Crippen LogP contribution is -1.91.